The molecule has 0 bridgehead atoms. The summed E-state index contributed by atoms with van der Waals surface area (Å²) in [6.45, 7) is 4.50. The van der Waals surface area contributed by atoms with E-state index in [0.29, 0.717) is 0 Å². The Morgan fingerprint density at radius 3 is 2.50 bits per heavy atom. The molecule has 3 aromatic rings. The van der Waals surface area contributed by atoms with Crippen LogP contribution in [-0.2, 0) is 25.7 Å². The van der Waals surface area contributed by atoms with Crippen molar-refractivity contribution in [3.8, 4) is 0 Å². The summed E-state index contributed by atoms with van der Waals surface area (Å²) >= 11 is 0. The van der Waals surface area contributed by atoms with E-state index in [9.17, 15) is 24.3 Å². The predicted molar refractivity (Wildman–Crippen MR) is 128 cm³/mol. The highest BCUT2D eigenvalue weighted by atomic mass is 16.5. The summed E-state index contributed by atoms with van der Waals surface area (Å²) in [7, 11) is 1.35. The monoisotopic (exact) mass is 500 g/mol. The molecule has 0 spiro atoms. The van der Waals surface area contributed by atoms with E-state index in [2.05, 4.69) is 25.6 Å². The van der Waals surface area contributed by atoms with E-state index in [1.807, 2.05) is 6.07 Å². The molecule has 1 unspecified atom stereocenters. The maximum absolute atomic E-state index is 12.6. The van der Waals surface area contributed by atoms with Gasteiger partial charge in [0.15, 0.2) is 11.2 Å². The molecule has 192 valence electrons. The minimum Gasteiger partial charge on any atom is -0.479 e. The lowest BCUT2D eigenvalue weighted by atomic mass is 9.82. The van der Waals surface area contributed by atoms with Crippen molar-refractivity contribution < 1.29 is 29.0 Å². The van der Waals surface area contributed by atoms with Crippen LogP contribution in [0.3, 0.4) is 0 Å². The second kappa shape index (κ2) is 11.0. The molecule has 2 heterocycles. The number of hydrogen-bond acceptors (Lipinski definition) is 8. The Balaban J connectivity index is 1.92. The Kier molecular flexibility index (Phi) is 8.04. The van der Waals surface area contributed by atoms with E-state index in [1.54, 1.807) is 38.1 Å². The van der Waals surface area contributed by atoms with E-state index >= 15 is 0 Å². The van der Waals surface area contributed by atoms with Crippen LogP contribution in [0.4, 0.5) is 10.7 Å². The number of amides is 2. The van der Waals surface area contributed by atoms with Crippen molar-refractivity contribution in [1.29, 1.82) is 0 Å². The molecule has 2 atom stereocenters. The lowest BCUT2D eigenvalue weighted by molar-refractivity contribution is -0.150. The molecule has 13 heteroatoms. The summed E-state index contributed by atoms with van der Waals surface area (Å²) < 4.78 is 12.2. The Bertz CT molecular complexity index is 1300. The highest BCUT2D eigenvalue weighted by Crippen LogP contribution is 2.31. The van der Waals surface area contributed by atoms with Crippen LogP contribution in [-0.4, -0.2) is 55.2 Å². The Labute approximate surface area is 205 Å². The van der Waals surface area contributed by atoms with Gasteiger partial charge in [-0.25, -0.2) is 14.6 Å². The fourth-order valence-corrected chi connectivity index (χ4v) is 3.69. The molecule has 36 heavy (non-hydrogen) atoms. The number of H-pyrrole nitrogens is 1. The minimum atomic E-state index is -1.81. The molecule has 2 amide bonds. The Morgan fingerprint density at radius 1 is 1.22 bits per heavy atom. The van der Waals surface area contributed by atoms with Crippen molar-refractivity contribution in [3.63, 3.8) is 0 Å². The van der Waals surface area contributed by atoms with Crippen molar-refractivity contribution in [1.82, 2.24) is 24.8 Å². The zero-order chi connectivity index (χ0) is 26.5. The number of alkyl carbamates (subject to hydrolysis) is 1. The number of carbonyl (C=O) groups excluding carboxylic acids is 2. The van der Waals surface area contributed by atoms with E-state index < -0.39 is 41.2 Å². The van der Waals surface area contributed by atoms with E-state index in [0.717, 1.165) is 5.56 Å². The number of carbonyl (C=O) groups is 3. The number of aliphatic carboxylic acids is 1. The number of carboxylic acid groups (broad SMARTS) is 1. The lowest BCUT2D eigenvalue weighted by Crippen LogP contribution is -2.59. The van der Waals surface area contributed by atoms with Gasteiger partial charge >= 0.3 is 12.1 Å². The van der Waals surface area contributed by atoms with Crippen LogP contribution < -0.4 is 16.2 Å². The second-order valence-electron chi connectivity index (χ2n) is 8.43. The van der Waals surface area contributed by atoms with Gasteiger partial charge in [-0.3, -0.25) is 24.5 Å². The fourth-order valence-electron chi connectivity index (χ4n) is 3.69. The smallest absolute Gasteiger partial charge is 0.408 e. The van der Waals surface area contributed by atoms with Gasteiger partial charge in [-0.05, 0) is 11.5 Å². The number of nitrogens with one attached hydrogen (secondary N) is 3. The molecule has 0 aliphatic rings. The van der Waals surface area contributed by atoms with Gasteiger partial charge in [0.1, 0.15) is 18.4 Å². The van der Waals surface area contributed by atoms with Crippen molar-refractivity contribution in [2.75, 3.05) is 12.4 Å². The van der Waals surface area contributed by atoms with Crippen LogP contribution in [0.25, 0.3) is 11.2 Å². The molecule has 2 aromatic heterocycles. The predicted octanol–water partition coefficient (Wildman–Crippen LogP) is 2.02. The normalized spacial score (nSPS) is 13.7. The quantitative estimate of drug-likeness (QED) is 0.324. The molecule has 0 fully saturated rings. The van der Waals surface area contributed by atoms with Gasteiger partial charge < -0.3 is 19.9 Å². The van der Waals surface area contributed by atoms with Gasteiger partial charge in [-0.1, -0.05) is 44.2 Å². The first-order chi connectivity index (χ1) is 17.1. The maximum atomic E-state index is 12.6. The highest BCUT2D eigenvalue weighted by Gasteiger charge is 2.46. The summed E-state index contributed by atoms with van der Waals surface area (Å²) in [5.74, 6) is -2.45. The van der Waals surface area contributed by atoms with Crippen LogP contribution in [0.15, 0.2) is 41.5 Å². The Hall–Kier alpha value is -4.26. The number of ether oxygens (including phenoxy) is 2. The van der Waals surface area contributed by atoms with Gasteiger partial charge in [0.2, 0.25) is 11.9 Å². The summed E-state index contributed by atoms with van der Waals surface area (Å²) in [4.78, 5) is 59.7. The number of hydrogen-bond donors (Lipinski definition) is 4. The summed E-state index contributed by atoms with van der Waals surface area (Å²) in [5, 5.41) is 15.1. The maximum Gasteiger partial charge on any atom is 0.408 e. The molecular formula is C23H28N6O7. The highest BCUT2D eigenvalue weighted by molar-refractivity contribution is 5.87. The van der Waals surface area contributed by atoms with Gasteiger partial charge in [0.05, 0.1) is 6.33 Å². The zero-order valence-electron chi connectivity index (χ0n) is 20.3. The lowest BCUT2D eigenvalue weighted by Gasteiger charge is -2.36. The Morgan fingerprint density at radius 2 is 1.92 bits per heavy atom. The SMILES string of the molecule is COC(C[C@@](NC(=O)OCc1ccccc1)(C(=O)O)C(C)C)n1cnc2c(=O)[nH]c(NC(C)=O)nc21. The molecule has 4 N–H and O–H groups in total. The number of rotatable bonds is 10. The third kappa shape index (κ3) is 5.68. The summed E-state index contributed by atoms with van der Waals surface area (Å²) in [6.07, 6.45) is -0.906. The van der Waals surface area contributed by atoms with Gasteiger partial charge in [0.25, 0.3) is 5.56 Å². The van der Waals surface area contributed by atoms with Crippen LogP contribution in [0.5, 0.6) is 0 Å². The van der Waals surface area contributed by atoms with Gasteiger partial charge in [-0.15, -0.1) is 0 Å². The van der Waals surface area contributed by atoms with E-state index in [-0.39, 0.29) is 30.1 Å². The number of fused-ring (bicyclic) bond motifs is 1. The number of methoxy groups -OCH3 is 1. The van der Waals surface area contributed by atoms with Crippen molar-refractivity contribution in [2.45, 2.75) is 45.6 Å². The molecule has 0 saturated heterocycles. The number of benzene rings is 1. The molecule has 3 rings (SSSR count). The number of aromatic nitrogens is 4. The standard InChI is InChI=1S/C23H28N6O7/c1-13(2)23(20(32)33,28-22(34)36-11-15-8-6-5-7-9-15)10-16(35-4)29-12-24-17-18(29)26-21(25-14(3)30)27-19(17)31/h5-9,12-13,16H,10-11H2,1-4H3,(H,28,34)(H,32,33)(H2,25,26,27,30,31)/t16?,23-/m0/s1. The largest absolute Gasteiger partial charge is 0.479 e. The first-order valence-electron chi connectivity index (χ1n) is 11.1. The first-order valence-corrected chi connectivity index (χ1v) is 11.1. The molecule has 1 aromatic carbocycles. The zero-order valence-corrected chi connectivity index (χ0v) is 20.3. The van der Waals surface area contributed by atoms with Crippen molar-refractivity contribution in [2.24, 2.45) is 5.92 Å². The number of aromatic amines is 1. The third-order valence-corrected chi connectivity index (χ3v) is 5.71. The number of anilines is 1. The number of nitrogens with zero attached hydrogens (tertiary/aromatic N) is 3. The second-order valence-corrected chi connectivity index (χ2v) is 8.43. The summed E-state index contributed by atoms with van der Waals surface area (Å²) in [6, 6.07) is 8.96. The molecule has 0 aliphatic carbocycles. The molecule has 0 radical (unpaired) electrons. The molecule has 0 aliphatic heterocycles. The fraction of sp³-hybridized carbons (Fsp3) is 0.391. The van der Waals surface area contributed by atoms with Crippen LogP contribution in [0.1, 0.15) is 39.0 Å². The van der Waals surface area contributed by atoms with Crippen molar-refractivity contribution in [3.05, 3.63) is 52.6 Å². The summed E-state index contributed by atoms with van der Waals surface area (Å²) in [5.41, 5.74) is -1.65. The minimum absolute atomic E-state index is 0.0353. The van der Waals surface area contributed by atoms with Gasteiger partial charge in [0, 0.05) is 20.5 Å². The van der Waals surface area contributed by atoms with Crippen LogP contribution in [0, 0.1) is 5.92 Å². The first kappa shape index (κ1) is 26.3. The average molecular weight is 501 g/mol. The molecule has 13 nitrogen and oxygen atoms in total. The van der Waals surface area contributed by atoms with E-state index in [4.69, 9.17) is 9.47 Å². The van der Waals surface area contributed by atoms with Crippen LogP contribution in [0.2, 0.25) is 0 Å². The van der Waals surface area contributed by atoms with E-state index in [1.165, 1.54) is 24.9 Å². The molecule has 0 saturated carbocycles. The third-order valence-electron chi connectivity index (χ3n) is 5.71. The molecular weight excluding hydrogens is 472 g/mol. The van der Waals surface area contributed by atoms with Crippen LogP contribution >= 0.6 is 0 Å². The van der Waals surface area contributed by atoms with Crippen molar-refractivity contribution >= 4 is 35.1 Å². The number of imidazole rings is 1. The topological polar surface area (TPSA) is 178 Å². The number of carboxylic acids is 1. The van der Waals surface area contributed by atoms with Gasteiger partial charge in [-0.2, -0.15) is 4.98 Å². The average Bonchev–Trinajstić information content (AvgIpc) is 3.24.